The molecule has 0 aliphatic carbocycles. The van der Waals surface area contributed by atoms with Gasteiger partial charge in [-0.15, -0.1) is 0 Å². The van der Waals surface area contributed by atoms with Crippen molar-refractivity contribution in [1.29, 1.82) is 5.26 Å². The number of ether oxygens (including phenoxy) is 1. The zero-order chi connectivity index (χ0) is 13.7. The highest BCUT2D eigenvalue weighted by molar-refractivity contribution is 5.72. The van der Waals surface area contributed by atoms with E-state index in [0.29, 0.717) is 29.6 Å². The van der Waals surface area contributed by atoms with E-state index in [1.807, 2.05) is 6.92 Å². The smallest absolute Gasteiger partial charge is 0.242 e. The Balaban J connectivity index is 2.23. The summed E-state index contributed by atoms with van der Waals surface area (Å²) in [6, 6.07) is 9.04. The molecule has 0 radical (unpaired) electrons. The van der Waals surface area contributed by atoms with Crippen molar-refractivity contribution in [2.24, 2.45) is 0 Å². The molecule has 6 heteroatoms. The zero-order valence-electron chi connectivity index (χ0n) is 10.4. The second-order valence-electron chi connectivity index (χ2n) is 3.69. The van der Waals surface area contributed by atoms with Crippen LogP contribution in [0, 0.1) is 11.3 Å². The molecule has 0 spiro atoms. The number of nitrogens with two attached hydrogens (primary N) is 1. The van der Waals surface area contributed by atoms with Gasteiger partial charge >= 0.3 is 0 Å². The van der Waals surface area contributed by atoms with E-state index in [-0.39, 0.29) is 0 Å². The van der Waals surface area contributed by atoms with Gasteiger partial charge in [-0.1, -0.05) is 0 Å². The molecule has 0 bridgehead atoms. The van der Waals surface area contributed by atoms with Crippen LogP contribution in [0.4, 0.5) is 17.2 Å². The number of rotatable bonds is 4. The Hall–Kier alpha value is -2.81. The second kappa shape index (κ2) is 5.69. The van der Waals surface area contributed by atoms with Gasteiger partial charge in [0.25, 0.3) is 0 Å². The monoisotopic (exact) mass is 255 g/mol. The van der Waals surface area contributed by atoms with Gasteiger partial charge in [-0.2, -0.15) is 10.2 Å². The lowest BCUT2D eigenvalue weighted by Gasteiger charge is -2.10. The predicted octanol–water partition coefficient (Wildman–Crippen LogP) is 2.07. The average Bonchev–Trinajstić information content (AvgIpc) is 2.44. The van der Waals surface area contributed by atoms with Crippen LogP contribution < -0.4 is 15.8 Å². The zero-order valence-corrected chi connectivity index (χ0v) is 10.4. The molecule has 6 nitrogen and oxygen atoms in total. The van der Waals surface area contributed by atoms with Crippen LogP contribution in [0.15, 0.2) is 30.6 Å². The molecule has 96 valence electrons. The first-order valence-corrected chi connectivity index (χ1v) is 5.75. The van der Waals surface area contributed by atoms with E-state index in [2.05, 4.69) is 21.4 Å². The number of hydrogen-bond acceptors (Lipinski definition) is 6. The van der Waals surface area contributed by atoms with E-state index in [4.69, 9.17) is 15.7 Å². The third-order valence-electron chi connectivity index (χ3n) is 2.41. The molecule has 0 aliphatic rings. The van der Waals surface area contributed by atoms with E-state index in [0.717, 1.165) is 5.69 Å². The summed E-state index contributed by atoms with van der Waals surface area (Å²) in [4.78, 5) is 8.02. The Morgan fingerprint density at radius 3 is 2.68 bits per heavy atom. The number of hydrogen-bond donors (Lipinski definition) is 2. The molecular formula is C13H13N5O. The van der Waals surface area contributed by atoms with E-state index < -0.39 is 0 Å². The first-order valence-electron chi connectivity index (χ1n) is 5.75. The molecule has 0 saturated heterocycles. The lowest BCUT2D eigenvalue weighted by molar-refractivity contribution is 0.328. The largest absolute Gasteiger partial charge is 0.476 e. The van der Waals surface area contributed by atoms with Gasteiger partial charge in [0.2, 0.25) is 5.88 Å². The van der Waals surface area contributed by atoms with Crippen LogP contribution >= 0.6 is 0 Å². The summed E-state index contributed by atoms with van der Waals surface area (Å²) in [5.74, 6) is 0.830. The highest BCUT2D eigenvalue weighted by atomic mass is 16.5. The summed E-state index contributed by atoms with van der Waals surface area (Å²) in [5.41, 5.74) is 7.64. The molecule has 0 unspecified atom stereocenters. The molecule has 0 saturated carbocycles. The number of benzene rings is 1. The van der Waals surface area contributed by atoms with Crippen LogP contribution in [-0.4, -0.2) is 16.6 Å². The van der Waals surface area contributed by atoms with Crippen LogP contribution in [0.2, 0.25) is 0 Å². The average molecular weight is 255 g/mol. The van der Waals surface area contributed by atoms with Crippen LogP contribution in [0.1, 0.15) is 12.5 Å². The minimum Gasteiger partial charge on any atom is -0.476 e. The maximum Gasteiger partial charge on any atom is 0.242 e. The van der Waals surface area contributed by atoms with Crippen LogP contribution in [0.25, 0.3) is 0 Å². The number of aromatic nitrogens is 2. The quantitative estimate of drug-likeness (QED) is 0.868. The Kier molecular flexibility index (Phi) is 3.78. The standard InChI is InChI=1S/C13H13N5O/c1-2-19-13-11(15)12(16-8-17-13)18-10-5-3-9(7-14)4-6-10/h3-6,8H,2,15H2,1H3,(H,16,17,18). The lowest BCUT2D eigenvalue weighted by atomic mass is 10.2. The number of nitrogen functional groups attached to an aromatic ring is 1. The molecular weight excluding hydrogens is 242 g/mol. The van der Waals surface area contributed by atoms with Gasteiger partial charge in [0.15, 0.2) is 5.82 Å². The molecule has 2 rings (SSSR count). The molecule has 1 aromatic carbocycles. The van der Waals surface area contributed by atoms with E-state index >= 15 is 0 Å². The summed E-state index contributed by atoms with van der Waals surface area (Å²) in [6.07, 6.45) is 1.38. The fraction of sp³-hybridized carbons (Fsp3) is 0.154. The van der Waals surface area contributed by atoms with Crippen molar-refractivity contribution in [3.8, 4) is 11.9 Å². The van der Waals surface area contributed by atoms with E-state index in [1.54, 1.807) is 24.3 Å². The van der Waals surface area contributed by atoms with Gasteiger partial charge in [0.05, 0.1) is 18.2 Å². The van der Waals surface area contributed by atoms with Crippen LogP contribution in [0.3, 0.4) is 0 Å². The number of anilines is 3. The predicted molar refractivity (Wildman–Crippen MR) is 72.1 cm³/mol. The molecule has 0 amide bonds. The summed E-state index contributed by atoms with van der Waals surface area (Å²) >= 11 is 0. The fourth-order valence-corrected chi connectivity index (χ4v) is 1.50. The molecule has 0 aliphatic heterocycles. The number of nitrogens with one attached hydrogen (secondary N) is 1. The molecule has 2 aromatic rings. The summed E-state index contributed by atoms with van der Waals surface area (Å²) in [7, 11) is 0. The van der Waals surface area contributed by atoms with Crippen molar-refractivity contribution in [1.82, 2.24) is 9.97 Å². The third kappa shape index (κ3) is 2.90. The topological polar surface area (TPSA) is 96.9 Å². The molecule has 1 aromatic heterocycles. The van der Waals surface area contributed by atoms with Crippen molar-refractivity contribution in [2.45, 2.75) is 6.92 Å². The van der Waals surface area contributed by atoms with Gasteiger partial charge in [0.1, 0.15) is 12.0 Å². The maximum atomic E-state index is 8.73. The molecule has 1 heterocycles. The van der Waals surface area contributed by atoms with Crippen molar-refractivity contribution >= 4 is 17.2 Å². The van der Waals surface area contributed by atoms with Gasteiger partial charge in [0, 0.05) is 5.69 Å². The SMILES string of the molecule is CCOc1ncnc(Nc2ccc(C#N)cc2)c1N. The van der Waals surface area contributed by atoms with Crippen molar-refractivity contribution in [3.05, 3.63) is 36.2 Å². The number of nitrogens with zero attached hydrogens (tertiary/aromatic N) is 3. The van der Waals surface area contributed by atoms with Crippen molar-refractivity contribution in [2.75, 3.05) is 17.7 Å². The molecule has 3 N–H and O–H groups in total. The van der Waals surface area contributed by atoms with E-state index in [1.165, 1.54) is 6.33 Å². The second-order valence-corrected chi connectivity index (χ2v) is 3.69. The minimum absolute atomic E-state index is 0.355. The first-order chi connectivity index (χ1) is 9.24. The van der Waals surface area contributed by atoms with Crippen LogP contribution in [0.5, 0.6) is 5.88 Å². The number of nitriles is 1. The van der Waals surface area contributed by atoms with Gasteiger partial charge in [-0.25, -0.2) is 4.98 Å². The van der Waals surface area contributed by atoms with Gasteiger partial charge < -0.3 is 15.8 Å². The van der Waals surface area contributed by atoms with Crippen LogP contribution in [-0.2, 0) is 0 Å². The summed E-state index contributed by atoms with van der Waals surface area (Å²) < 4.78 is 5.29. The lowest BCUT2D eigenvalue weighted by Crippen LogP contribution is -2.04. The summed E-state index contributed by atoms with van der Waals surface area (Å²) in [5, 5.41) is 11.8. The highest BCUT2D eigenvalue weighted by Crippen LogP contribution is 2.27. The highest BCUT2D eigenvalue weighted by Gasteiger charge is 2.08. The fourth-order valence-electron chi connectivity index (χ4n) is 1.50. The third-order valence-corrected chi connectivity index (χ3v) is 2.41. The van der Waals surface area contributed by atoms with Crippen molar-refractivity contribution < 1.29 is 4.74 Å². The summed E-state index contributed by atoms with van der Waals surface area (Å²) in [6.45, 7) is 2.34. The first kappa shape index (κ1) is 12.6. The van der Waals surface area contributed by atoms with Crippen molar-refractivity contribution in [3.63, 3.8) is 0 Å². The van der Waals surface area contributed by atoms with E-state index in [9.17, 15) is 0 Å². The minimum atomic E-state index is 0.355. The Morgan fingerprint density at radius 2 is 2.05 bits per heavy atom. The van der Waals surface area contributed by atoms with Gasteiger partial charge in [-0.05, 0) is 31.2 Å². The Labute approximate surface area is 110 Å². The molecule has 19 heavy (non-hydrogen) atoms. The van der Waals surface area contributed by atoms with Gasteiger partial charge in [-0.3, -0.25) is 0 Å². The Morgan fingerprint density at radius 1 is 1.32 bits per heavy atom. The molecule has 0 fully saturated rings. The Bertz CT molecular complexity index is 603. The maximum absolute atomic E-state index is 8.73. The normalized spacial score (nSPS) is 9.68. The molecule has 0 atom stereocenters.